The van der Waals surface area contributed by atoms with E-state index in [4.69, 9.17) is 11.6 Å². The summed E-state index contributed by atoms with van der Waals surface area (Å²) in [4.78, 5) is 13.3. The minimum Gasteiger partial charge on any atom is -0.467 e. The highest BCUT2D eigenvalue weighted by Crippen LogP contribution is 2.28. The number of carbonyl (C=O) groups excluding carboxylic acids is 1. The molecule has 0 aromatic heterocycles. The number of nitrogens with zero attached hydrogens (tertiary/aromatic N) is 1. The van der Waals surface area contributed by atoms with Gasteiger partial charge in [-0.3, -0.25) is 0 Å². The number of rotatable bonds is 4. The molecule has 5 heteroatoms. The highest BCUT2D eigenvalue weighted by molar-refractivity contribution is 6.31. The normalized spacial score (nSPS) is 11.8. The predicted octanol–water partition coefficient (Wildman–Crippen LogP) is 2.38. The molecule has 0 radical (unpaired) electrons. The molecule has 17 heavy (non-hydrogen) atoms. The van der Waals surface area contributed by atoms with Gasteiger partial charge < -0.3 is 15.0 Å². The van der Waals surface area contributed by atoms with E-state index in [9.17, 15) is 4.79 Å². The summed E-state index contributed by atoms with van der Waals surface area (Å²) in [6, 6.07) is 5.08. The lowest BCUT2D eigenvalue weighted by Gasteiger charge is -2.21. The second kappa shape index (κ2) is 5.77. The number of benzene rings is 1. The van der Waals surface area contributed by atoms with Gasteiger partial charge in [-0.1, -0.05) is 11.6 Å². The zero-order valence-corrected chi connectivity index (χ0v) is 11.2. The number of carbonyl (C=O) groups is 1. The largest absolute Gasteiger partial charge is 0.467 e. The van der Waals surface area contributed by atoms with Crippen LogP contribution in [0.2, 0.25) is 5.02 Å². The Balaban J connectivity index is 2.96. The van der Waals surface area contributed by atoms with Gasteiger partial charge in [-0.15, -0.1) is 0 Å². The molecule has 1 rings (SSSR count). The van der Waals surface area contributed by atoms with Crippen LogP contribution in [0.3, 0.4) is 0 Å². The van der Waals surface area contributed by atoms with E-state index in [0.717, 1.165) is 11.4 Å². The standard InChI is InChI=1S/C12H17ClN2O2/c1-8(12(16)17-4)14-10-7-9(13)5-6-11(10)15(2)3/h5-8,14H,1-4H3. The van der Waals surface area contributed by atoms with Crippen molar-refractivity contribution in [3.8, 4) is 0 Å². The lowest BCUT2D eigenvalue weighted by Crippen LogP contribution is -2.28. The summed E-state index contributed by atoms with van der Waals surface area (Å²) in [5.74, 6) is -0.310. The maximum absolute atomic E-state index is 11.4. The fraction of sp³-hybridized carbons (Fsp3) is 0.417. The summed E-state index contributed by atoms with van der Waals surface area (Å²) >= 11 is 5.94. The van der Waals surface area contributed by atoms with Crippen LogP contribution in [0.1, 0.15) is 6.92 Å². The van der Waals surface area contributed by atoms with Crippen molar-refractivity contribution in [2.75, 3.05) is 31.4 Å². The molecule has 0 aliphatic heterocycles. The molecule has 1 atom stereocenters. The summed E-state index contributed by atoms with van der Waals surface area (Å²) in [5.41, 5.74) is 1.77. The topological polar surface area (TPSA) is 41.6 Å². The van der Waals surface area contributed by atoms with Crippen molar-refractivity contribution < 1.29 is 9.53 Å². The Labute approximate surface area is 107 Å². The van der Waals surface area contributed by atoms with Gasteiger partial charge in [0.1, 0.15) is 6.04 Å². The molecular formula is C12H17ClN2O2. The van der Waals surface area contributed by atoms with E-state index in [-0.39, 0.29) is 5.97 Å². The van der Waals surface area contributed by atoms with Crippen LogP contribution in [0.5, 0.6) is 0 Å². The van der Waals surface area contributed by atoms with Crippen LogP contribution < -0.4 is 10.2 Å². The molecule has 0 amide bonds. The van der Waals surface area contributed by atoms with Gasteiger partial charge in [0.05, 0.1) is 18.5 Å². The zero-order chi connectivity index (χ0) is 13.0. The van der Waals surface area contributed by atoms with Gasteiger partial charge in [0.15, 0.2) is 0 Å². The van der Waals surface area contributed by atoms with Crippen LogP contribution in [0.4, 0.5) is 11.4 Å². The summed E-state index contributed by atoms with van der Waals surface area (Å²) in [6.45, 7) is 1.74. The van der Waals surface area contributed by atoms with Crippen molar-refractivity contribution in [3.63, 3.8) is 0 Å². The van der Waals surface area contributed by atoms with E-state index in [1.807, 2.05) is 31.1 Å². The number of nitrogens with one attached hydrogen (secondary N) is 1. The summed E-state index contributed by atoms with van der Waals surface area (Å²) < 4.78 is 4.67. The van der Waals surface area contributed by atoms with Crippen LogP contribution in [0, 0.1) is 0 Å². The van der Waals surface area contributed by atoms with Crippen LogP contribution in [-0.2, 0) is 9.53 Å². The summed E-state index contributed by atoms with van der Waals surface area (Å²) in [7, 11) is 5.22. The molecule has 0 aliphatic carbocycles. The van der Waals surface area contributed by atoms with Gasteiger partial charge in [-0.05, 0) is 25.1 Å². The Kier molecular flexibility index (Phi) is 4.63. The highest BCUT2D eigenvalue weighted by atomic mass is 35.5. The number of esters is 1. The van der Waals surface area contributed by atoms with E-state index >= 15 is 0 Å². The molecular weight excluding hydrogens is 240 g/mol. The van der Waals surface area contributed by atoms with Crippen molar-refractivity contribution in [2.24, 2.45) is 0 Å². The zero-order valence-electron chi connectivity index (χ0n) is 10.5. The van der Waals surface area contributed by atoms with E-state index in [0.29, 0.717) is 5.02 Å². The van der Waals surface area contributed by atoms with Gasteiger partial charge >= 0.3 is 5.97 Å². The SMILES string of the molecule is COC(=O)C(C)Nc1cc(Cl)ccc1N(C)C. The highest BCUT2D eigenvalue weighted by Gasteiger charge is 2.15. The maximum Gasteiger partial charge on any atom is 0.327 e. The average Bonchev–Trinajstić information content (AvgIpc) is 2.27. The van der Waals surface area contributed by atoms with E-state index in [1.54, 1.807) is 13.0 Å². The van der Waals surface area contributed by atoms with Crippen LogP contribution in [0.15, 0.2) is 18.2 Å². The first-order valence-corrected chi connectivity index (χ1v) is 5.64. The van der Waals surface area contributed by atoms with Crippen molar-refractivity contribution >= 4 is 28.9 Å². The summed E-state index contributed by atoms with van der Waals surface area (Å²) in [6.07, 6.45) is 0. The molecule has 0 aliphatic rings. The van der Waals surface area contributed by atoms with Crippen molar-refractivity contribution in [2.45, 2.75) is 13.0 Å². The molecule has 0 fully saturated rings. The summed E-state index contributed by atoms with van der Waals surface area (Å²) in [5, 5.41) is 3.70. The molecule has 1 N–H and O–H groups in total. The van der Waals surface area contributed by atoms with Crippen LogP contribution in [-0.4, -0.2) is 33.2 Å². The Morgan fingerprint density at radius 1 is 1.47 bits per heavy atom. The van der Waals surface area contributed by atoms with Crippen molar-refractivity contribution in [3.05, 3.63) is 23.2 Å². The molecule has 1 aromatic rings. The van der Waals surface area contributed by atoms with Gasteiger partial charge in [0.2, 0.25) is 0 Å². The van der Waals surface area contributed by atoms with E-state index in [1.165, 1.54) is 7.11 Å². The Morgan fingerprint density at radius 2 is 2.12 bits per heavy atom. The minimum absolute atomic E-state index is 0.310. The van der Waals surface area contributed by atoms with E-state index < -0.39 is 6.04 Å². The molecule has 1 unspecified atom stereocenters. The number of methoxy groups -OCH3 is 1. The van der Waals surface area contributed by atoms with Crippen molar-refractivity contribution in [1.29, 1.82) is 0 Å². The third-order valence-electron chi connectivity index (χ3n) is 2.37. The molecule has 94 valence electrons. The molecule has 0 saturated heterocycles. The van der Waals surface area contributed by atoms with Crippen LogP contribution in [0.25, 0.3) is 0 Å². The fourth-order valence-electron chi connectivity index (χ4n) is 1.48. The Bertz CT molecular complexity index is 407. The van der Waals surface area contributed by atoms with Gasteiger partial charge in [-0.25, -0.2) is 4.79 Å². The molecule has 1 aromatic carbocycles. The van der Waals surface area contributed by atoms with E-state index in [2.05, 4.69) is 10.1 Å². The average molecular weight is 257 g/mol. The molecule has 0 saturated carbocycles. The quantitative estimate of drug-likeness (QED) is 0.840. The third kappa shape index (κ3) is 3.53. The maximum atomic E-state index is 11.4. The van der Waals surface area contributed by atoms with Gasteiger partial charge in [-0.2, -0.15) is 0 Å². The molecule has 0 spiro atoms. The number of ether oxygens (including phenoxy) is 1. The Hall–Kier alpha value is -1.42. The minimum atomic E-state index is -0.419. The second-order valence-electron chi connectivity index (χ2n) is 3.95. The number of anilines is 2. The first-order valence-electron chi connectivity index (χ1n) is 5.27. The fourth-order valence-corrected chi connectivity index (χ4v) is 1.65. The number of hydrogen-bond donors (Lipinski definition) is 1. The van der Waals surface area contributed by atoms with Crippen molar-refractivity contribution in [1.82, 2.24) is 0 Å². The number of hydrogen-bond acceptors (Lipinski definition) is 4. The smallest absolute Gasteiger partial charge is 0.327 e. The van der Waals surface area contributed by atoms with Gasteiger partial charge in [0.25, 0.3) is 0 Å². The second-order valence-corrected chi connectivity index (χ2v) is 4.38. The molecule has 4 nitrogen and oxygen atoms in total. The first-order chi connectivity index (χ1) is 7.95. The lowest BCUT2D eigenvalue weighted by molar-refractivity contribution is -0.141. The van der Waals surface area contributed by atoms with Gasteiger partial charge in [0, 0.05) is 19.1 Å². The number of halogens is 1. The third-order valence-corrected chi connectivity index (χ3v) is 2.60. The first kappa shape index (κ1) is 13.6. The predicted molar refractivity (Wildman–Crippen MR) is 70.9 cm³/mol. The lowest BCUT2D eigenvalue weighted by atomic mass is 10.2. The monoisotopic (exact) mass is 256 g/mol. The molecule has 0 bridgehead atoms. The Morgan fingerprint density at radius 3 is 2.65 bits per heavy atom. The molecule has 0 heterocycles. The van der Waals surface area contributed by atoms with Crippen LogP contribution >= 0.6 is 11.6 Å².